The first kappa shape index (κ1) is 24.5. The molecule has 0 atom stereocenters. The van der Waals surface area contributed by atoms with Crippen LogP contribution in [-0.4, -0.2) is 8.75 Å². The van der Waals surface area contributed by atoms with E-state index in [0.29, 0.717) is 11.1 Å². The summed E-state index contributed by atoms with van der Waals surface area (Å²) in [6.07, 6.45) is 0. The van der Waals surface area contributed by atoms with Gasteiger partial charge in [-0.15, -0.1) is 45.3 Å². The van der Waals surface area contributed by atoms with E-state index in [2.05, 4.69) is 74.6 Å². The van der Waals surface area contributed by atoms with Gasteiger partial charge in [0.25, 0.3) is 0 Å². The minimum absolute atomic E-state index is 0.240. The third kappa shape index (κ3) is 3.58. The summed E-state index contributed by atoms with van der Waals surface area (Å²) in [5.74, 6) is -0.240. The van der Waals surface area contributed by atoms with Crippen molar-refractivity contribution < 1.29 is 4.39 Å². The molecule has 0 fully saturated rings. The number of hydrogen-bond acceptors (Lipinski definition) is 7. The molecule has 0 amide bonds. The molecule has 0 saturated heterocycles. The summed E-state index contributed by atoms with van der Waals surface area (Å²) >= 11 is 8.21. The minimum Gasteiger partial charge on any atom is -0.206 e. The first-order valence-corrected chi connectivity index (χ1v) is 16.3. The van der Waals surface area contributed by atoms with E-state index >= 15 is 4.39 Å². The van der Waals surface area contributed by atoms with Crippen molar-refractivity contribution in [2.24, 2.45) is 0 Å². The van der Waals surface area contributed by atoms with Gasteiger partial charge < -0.3 is 0 Å². The van der Waals surface area contributed by atoms with Gasteiger partial charge in [-0.3, -0.25) is 0 Å². The SMILES string of the molecule is Cc1cc2c(C)c3sc(-c4sc(-c5c(F)cc(-c6cc(C)c(C)s6)c6nsnc56)cc4C)cc3c(C)c2s1. The molecule has 0 saturated carbocycles. The summed E-state index contributed by atoms with van der Waals surface area (Å²) in [6.45, 7) is 13.0. The van der Waals surface area contributed by atoms with Crippen LogP contribution < -0.4 is 0 Å². The Balaban J connectivity index is 1.39. The number of thiophene rings is 4. The predicted molar refractivity (Wildman–Crippen MR) is 169 cm³/mol. The standard InChI is InChI=1S/C30H23FN2S5/c1-12-7-22(35-17(12)6)20-10-21(31)25(27-26(20)32-38-33-27)23-8-13(2)28(36-23)24-11-19-16(5)29-18(9-14(3)34-29)15(4)30(19)37-24/h7-11H,1-6H3. The maximum atomic E-state index is 15.9. The van der Waals surface area contributed by atoms with Crippen molar-refractivity contribution in [2.75, 3.05) is 0 Å². The van der Waals surface area contributed by atoms with Crippen molar-refractivity contribution in [3.8, 4) is 30.6 Å². The molecule has 0 aliphatic rings. The predicted octanol–water partition coefficient (Wildman–Crippen LogP) is 11.2. The first-order valence-electron chi connectivity index (χ1n) is 12.3. The molecule has 0 aliphatic carbocycles. The quantitative estimate of drug-likeness (QED) is 0.205. The Morgan fingerprint density at radius 3 is 2.05 bits per heavy atom. The van der Waals surface area contributed by atoms with Gasteiger partial charge in [0.15, 0.2) is 0 Å². The lowest BCUT2D eigenvalue weighted by molar-refractivity contribution is 0.633. The smallest absolute Gasteiger partial charge is 0.134 e. The molecular formula is C30H23FN2S5. The van der Waals surface area contributed by atoms with Gasteiger partial charge in [-0.05, 0) is 105 Å². The average Bonchev–Trinajstić information content (AvgIpc) is 3.68. The second kappa shape index (κ2) is 8.76. The molecule has 5 heterocycles. The van der Waals surface area contributed by atoms with Crippen LogP contribution in [0.25, 0.3) is 61.8 Å². The fraction of sp³-hybridized carbons (Fsp3) is 0.200. The van der Waals surface area contributed by atoms with Gasteiger partial charge in [0.05, 0.1) is 17.3 Å². The highest BCUT2D eigenvalue weighted by atomic mass is 32.1. The topological polar surface area (TPSA) is 25.8 Å². The van der Waals surface area contributed by atoms with Crippen LogP contribution in [0.4, 0.5) is 4.39 Å². The molecule has 0 spiro atoms. The lowest BCUT2D eigenvalue weighted by Gasteiger charge is -2.05. The molecule has 7 rings (SSSR count). The van der Waals surface area contributed by atoms with E-state index in [1.54, 1.807) is 28.7 Å². The molecule has 5 aromatic heterocycles. The summed E-state index contributed by atoms with van der Waals surface area (Å²) in [6, 6.07) is 10.5. The zero-order chi connectivity index (χ0) is 26.5. The Morgan fingerprint density at radius 2 is 1.32 bits per heavy atom. The van der Waals surface area contributed by atoms with E-state index in [1.807, 2.05) is 22.7 Å². The van der Waals surface area contributed by atoms with E-state index in [0.717, 1.165) is 38.1 Å². The average molecular weight is 591 g/mol. The van der Waals surface area contributed by atoms with Gasteiger partial charge in [0.1, 0.15) is 16.9 Å². The van der Waals surface area contributed by atoms with Crippen LogP contribution >= 0.6 is 57.1 Å². The van der Waals surface area contributed by atoms with Crippen molar-refractivity contribution in [2.45, 2.75) is 41.5 Å². The molecule has 8 heteroatoms. The molecule has 0 bridgehead atoms. The Kier molecular flexibility index (Phi) is 5.66. The highest BCUT2D eigenvalue weighted by Crippen LogP contribution is 2.48. The van der Waals surface area contributed by atoms with Crippen LogP contribution in [-0.2, 0) is 0 Å². The van der Waals surface area contributed by atoms with Gasteiger partial charge >= 0.3 is 0 Å². The molecule has 38 heavy (non-hydrogen) atoms. The molecule has 7 aromatic rings. The number of aryl methyl sites for hydroxylation is 6. The lowest BCUT2D eigenvalue weighted by atomic mass is 10.0. The normalized spacial score (nSPS) is 12.1. The van der Waals surface area contributed by atoms with Gasteiger partial charge in [-0.25, -0.2) is 4.39 Å². The number of halogens is 1. The van der Waals surface area contributed by atoms with Crippen molar-refractivity contribution in [1.82, 2.24) is 8.75 Å². The molecule has 190 valence electrons. The van der Waals surface area contributed by atoms with Gasteiger partial charge in [0, 0.05) is 44.2 Å². The van der Waals surface area contributed by atoms with Crippen molar-refractivity contribution in [3.05, 3.63) is 68.2 Å². The fourth-order valence-electron chi connectivity index (χ4n) is 5.26. The van der Waals surface area contributed by atoms with Crippen LogP contribution in [0.15, 0.2) is 30.3 Å². The van der Waals surface area contributed by atoms with Gasteiger partial charge in [-0.1, -0.05) is 0 Å². The number of hydrogen-bond donors (Lipinski definition) is 0. The third-order valence-electron chi connectivity index (χ3n) is 7.39. The monoisotopic (exact) mass is 590 g/mol. The van der Waals surface area contributed by atoms with Gasteiger partial charge in [-0.2, -0.15) is 8.75 Å². The number of rotatable bonds is 3. The zero-order valence-electron chi connectivity index (χ0n) is 21.7. The number of nitrogens with zero attached hydrogens (tertiary/aromatic N) is 2. The Labute approximate surface area is 240 Å². The Morgan fingerprint density at radius 1 is 0.632 bits per heavy atom. The maximum absolute atomic E-state index is 15.9. The molecule has 0 radical (unpaired) electrons. The summed E-state index contributed by atoms with van der Waals surface area (Å²) < 4.78 is 27.8. The van der Waals surface area contributed by atoms with E-state index in [1.165, 1.54) is 56.4 Å². The van der Waals surface area contributed by atoms with Crippen LogP contribution in [0.5, 0.6) is 0 Å². The summed E-state index contributed by atoms with van der Waals surface area (Å²) in [5, 5.41) is 2.69. The summed E-state index contributed by atoms with van der Waals surface area (Å²) in [4.78, 5) is 6.97. The number of fused-ring (bicyclic) bond motifs is 3. The summed E-state index contributed by atoms with van der Waals surface area (Å²) in [5.41, 5.74) is 7.91. The Bertz CT molecular complexity index is 1990. The van der Waals surface area contributed by atoms with Crippen molar-refractivity contribution >= 4 is 88.3 Å². The highest BCUT2D eigenvalue weighted by Gasteiger charge is 2.23. The van der Waals surface area contributed by atoms with E-state index in [-0.39, 0.29) is 5.82 Å². The minimum atomic E-state index is -0.240. The molecule has 2 nitrogen and oxygen atoms in total. The van der Waals surface area contributed by atoms with E-state index < -0.39 is 0 Å². The second-order valence-electron chi connectivity index (χ2n) is 9.92. The van der Waals surface area contributed by atoms with Crippen LogP contribution in [0.2, 0.25) is 0 Å². The van der Waals surface area contributed by atoms with Crippen molar-refractivity contribution in [1.29, 1.82) is 0 Å². The second-order valence-corrected chi connectivity index (χ2v) is 15.1. The fourth-order valence-corrected chi connectivity index (χ4v) is 10.6. The first-order chi connectivity index (χ1) is 18.2. The van der Waals surface area contributed by atoms with E-state index in [9.17, 15) is 0 Å². The van der Waals surface area contributed by atoms with Crippen LogP contribution in [0.1, 0.15) is 32.0 Å². The van der Waals surface area contributed by atoms with Gasteiger partial charge in [0.2, 0.25) is 0 Å². The molecule has 0 aliphatic heterocycles. The largest absolute Gasteiger partial charge is 0.206 e. The summed E-state index contributed by atoms with van der Waals surface area (Å²) in [7, 11) is 0. The van der Waals surface area contributed by atoms with Crippen LogP contribution in [0.3, 0.4) is 0 Å². The highest BCUT2D eigenvalue weighted by molar-refractivity contribution is 7.27. The van der Waals surface area contributed by atoms with Crippen LogP contribution in [0, 0.1) is 47.4 Å². The lowest BCUT2D eigenvalue weighted by Crippen LogP contribution is -1.88. The maximum Gasteiger partial charge on any atom is 0.134 e. The molecule has 0 unspecified atom stereocenters. The molecule has 0 N–H and O–H groups in total. The van der Waals surface area contributed by atoms with E-state index in [4.69, 9.17) is 0 Å². The third-order valence-corrected chi connectivity index (χ3v) is 13.0. The Hall–Kier alpha value is -2.49. The molecular weight excluding hydrogens is 568 g/mol. The number of benzene rings is 2. The zero-order valence-corrected chi connectivity index (χ0v) is 25.8. The number of aromatic nitrogens is 2. The van der Waals surface area contributed by atoms with Crippen molar-refractivity contribution in [3.63, 3.8) is 0 Å². The molecule has 2 aromatic carbocycles.